The maximum absolute atomic E-state index is 12.4. The van der Waals surface area contributed by atoms with Gasteiger partial charge < -0.3 is 19.9 Å². The first kappa shape index (κ1) is 16.7. The van der Waals surface area contributed by atoms with Crippen LogP contribution in [0.2, 0.25) is 0 Å². The number of nitrogens with zero attached hydrogens (tertiary/aromatic N) is 4. The van der Waals surface area contributed by atoms with Crippen LogP contribution in [-0.4, -0.2) is 72.8 Å². The molecule has 8 heteroatoms. The van der Waals surface area contributed by atoms with Crippen LogP contribution in [0.15, 0.2) is 17.8 Å². The first-order valence-electron chi connectivity index (χ1n) is 8.84. The number of carbonyl (C=O) groups excluding carboxylic acids is 1. The van der Waals surface area contributed by atoms with E-state index in [1.54, 1.807) is 17.7 Å². The predicted molar refractivity (Wildman–Crippen MR) is 98.1 cm³/mol. The van der Waals surface area contributed by atoms with E-state index in [0.29, 0.717) is 6.54 Å². The topological polar surface area (TPSA) is 70.6 Å². The Kier molecular flexibility index (Phi) is 5.09. The molecule has 2 aliphatic heterocycles. The Balaban J connectivity index is 1.27. The molecule has 2 aromatic rings. The first-order valence-corrected chi connectivity index (χ1v) is 9.72. The van der Waals surface area contributed by atoms with Crippen molar-refractivity contribution in [1.82, 2.24) is 20.2 Å². The Labute approximate surface area is 151 Å². The summed E-state index contributed by atoms with van der Waals surface area (Å²) in [7, 11) is 0. The SMILES string of the molecule is O=C(CNCC1CCCO1)N1CCN(c2ncnc3sccc23)CC1. The third kappa shape index (κ3) is 3.75. The summed E-state index contributed by atoms with van der Waals surface area (Å²) in [4.78, 5) is 26.3. The number of piperazine rings is 1. The van der Waals surface area contributed by atoms with E-state index in [-0.39, 0.29) is 12.0 Å². The maximum Gasteiger partial charge on any atom is 0.236 e. The third-order valence-corrected chi connectivity index (χ3v) is 5.67. The Morgan fingerprint density at radius 3 is 3.00 bits per heavy atom. The van der Waals surface area contributed by atoms with Gasteiger partial charge in [0.2, 0.25) is 5.91 Å². The number of ether oxygens (including phenoxy) is 1. The van der Waals surface area contributed by atoms with Gasteiger partial charge in [0, 0.05) is 39.3 Å². The fourth-order valence-electron chi connectivity index (χ4n) is 3.45. The summed E-state index contributed by atoms with van der Waals surface area (Å²) in [6.45, 7) is 5.08. The zero-order chi connectivity index (χ0) is 17.1. The molecule has 2 aromatic heterocycles. The molecule has 1 unspecified atom stereocenters. The third-order valence-electron chi connectivity index (χ3n) is 4.84. The van der Waals surface area contributed by atoms with Gasteiger partial charge in [-0.25, -0.2) is 9.97 Å². The number of amides is 1. The van der Waals surface area contributed by atoms with Gasteiger partial charge >= 0.3 is 0 Å². The minimum absolute atomic E-state index is 0.168. The molecular weight excluding hydrogens is 338 g/mol. The van der Waals surface area contributed by atoms with Gasteiger partial charge in [0.15, 0.2) is 0 Å². The highest BCUT2D eigenvalue weighted by Crippen LogP contribution is 2.27. The van der Waals surface area contributed by atoms with Crippen molar-refractivity contribution in [2.45, 2.75) is 18.9 Å². The smallest absolute Gasteiger partial charge is 0.236 e. The van der Waals surface area contributed by atoms with E-state index >= 15 is 0 Å². The molecule has 0 saturated carbocycles. The van der Waals surface area contributed by atoms with E-state index < -0.39 is 0 Å². The average molecular weight is 361 g/mol. The fourth-order valence-corrected chi connectivity index (χ4v) is 4.18. The van der Waals surface area contributed by atoms with Crippen LogP contribution < -0.4 is 10.2 Å². The summed E-state index contributed by atoms with van der Waals surface area (Å²) < 4.78 is 5.57. The molecule has 0 aliphatic carbocycles. The second kappa shape index (κ2) is 7.63. The summed E-state index contributed by atoms with van der Waals surface area (Å²) >= 11 is 1.63. The molecule has 0 bridgehead atoms. The van der Waals surface area contributed by atoms with Gasteiger partial charge in [0.1, 0.15) is 17.0 Å². The van der Waals surface area contributed by atoms with E-state index in [2.05, 4.69) is 26.3 Å². The van der Waals surface area contributed by atoms with Gasteiger partial charge in [-0.2, -0.15) is 0 Å². The number of hydrogen-bond acceptors (Lipinski definition) is 7. The molecule has 0 spiro atoms. The van der Waals surface area contributed by atoms with Gasteiger partial charge in [-0.15, -0.1) is 11.3 Å². The zero-order valence-corrected chi connectivity index (χ0v) is 15.0. The quantitative estimate of drug-likeness (QED) is 0.860. The van der Waals surface area contributed by atoms with Crippen LogP contribution >= 0.6 is 11.3 Å². The van der Waals surface area contributed by atoms with Crippen molar-refractivity contribution in [3.63, 3.8) is 0 Å². The Hall–Kier alpha value is -1.77. The fraction of sp³-hybridized carbons (Fsp3) is 0.588. The molecule has 2 fully saturated rings. The molecule has 7 nitrogen and oxygen atoms in total. The van der Waals surface area contributed by atoms with Crippen molar-refractivity contribution >= 4 is 33.3 Å². The van der Waals surface area contributed by atoms with Crippen molar-refractivity contribution in [3.8, 4) is 0 Å². The summed E-state index contributed by atoms with van der Waals surface area (Å²) in [6.07, 6.45) is 4.12. The van der Waals surface area contributed by atoms with Crippen LogP contribution in [0.5, 0.6) is 0 Å². The van der Waals surface area contributed by atoms with Gasteiger partial charge in [-0.05, 0) is 24.3 Å². The summed E-state index contributed by atoms with van der Waals surface area (Å²) in [5, 5.41) is 6.39. The van der Waals surface area contributed by atoms with Gasteiger partial charge in [-0.3, -0.25) is 4.79 Å². The molecule has 1 N–H and O–H groups in total. The van der Waals surface area contributed by atoms with E-state index in [4.69, 9.17) is 4.74 Å². The molecular formula is C17H23N5O2S. The predicted octanol–water partition coefficient (Wildman–Crippen LogP) is 1.11. The van der Waals surface area contributed by atoms with Crippen LogP contribution in [0.25, 0.3) is 10.2 Å². The number of anilines is 1. The molecule has 4 rings (SSSR count). The molecule has 134 valence electrons. The largest absolute Gasteiger partial charge is 0.377 e. The number of nitrogens with one attached hydrogen (secondary N) is 1. The molecule has 2 saturated heterocycles. The monoisotopic (exact) mass is 361 g/mol. The molecule has 4 heterocycles. The number of rotatable bonds is 5. The molecule has 0 radical (unpaired) electrons. The number of thiophene rings is 1. The van der Waals surface area contributed by atoms with Crippen LogP contribution in [-0.2, 0) is 9.53 Å². The van der Waals surface area contributed by atoms with Crippen molar-refractivity contribution in [2.75, 3.05) is 50.8 Å². The van der Waals surface area contributed by atoms with E-state index in [1.807, 2.05) is 10.3 Å². The number of fused-ring (bicyclic) bond motifs is 1. The van der Waals surface area contributed by atoms with Crippen LogP contribution in [0.3, 0.4) is 0 Å². The lowest BCUT2D eigenvalue weighted by atomic mass is 10.2. The number of hydrogen-bond donors (Lipinski definition) is 1. The Morgan fingerprint density at radius 2 is 2.20 bits per heavy atom. The highest BCUT2D eigenvalue weighted by atomic mass is 32.1. The van der Waals surface area contributed by atoms with Crippen molar-refractivity contribution < 1.29 is 9.53 Å². The summed E-state index contributed by atoms with van der Waals surface area (Å²) in [5.74, 6) is 1.15. The van der Waals surface area contributed by atoms with Crippen molar-refractivity contribution in [3.05, 3.63) is 17.8 Å². The normalized spacial score (nSPS) is 21.2. The highest BCUT2D eigenvalue weighted by Gasteiger charge is 2.23. The molecule has 25 heavy (non-hydrogen) atoms. The highest BCUT2D eigenvalue weighted by molar-refractivity contribution is 7.16. The van der Waals surface area contributed by atoms with Crippen LogP contribution in [0.1, 0.15) is 12.8 Å². The average Bonchev–Trinajstić information content (AvgIpc) is 3.33. The van der Waals surface area contributed by atoms with E-state index in [9.17, 15) is 4.79 Å². The van der Waals surface area contributed by atoms with Gasteiger partial charge in [0.05, 0.1) is 18.0 Å². The standard InChI is InChI=1S/C17H23N5O2S/c23-15(11-18-10-13-2-1-8-24-13)21-4-6-22(7-5-21)16-14-3-9-25-17(14)20-12-19-16/h3,9,12-13,18H,1-2,4-8,10-11H2. The Bertz CT molecular complexity index is 723. The zero-order valence-electron chi connectivity index (χ0n) is 14.2. The lowest BCUT2D eigenvalue weighted by Crippen LogP contribution is -2.51. The van der Waals surface area contributed by atoms with Crippen molar-refractivity contribution in [1.29, 1.82) is 0 Å². The van der Waals surface area contributed by atoms with Crippen LogP contribution in [0.4, 0.5) is 5.82 Å². The molecule has 1 atom stereocenters. The number of aromatic nitrogens is 2. The first-order chi connectivity index (χ1) is 12.3. The second-order valence-electron chi connectivity index (χ2n) is 6.47. The lowest BCUT2D eigenvalue weighted by molar-refractivity contribution is -0.130. The molecule has 1 amide bonds. The molecule has 0 aromatic carbocycles. The molecule has 2 aliphatic rings. The van der Waals surface area contributed by atoms with Gasteiger partial charge in [0.25, 0.3) is 0 Å². The summed E-state index contributed by atoms with van der Waals surface area (Å²) in [5.41, 5.74) is 0. The van der Waals surface area contributed by atoms with Gasteiger partial charge in [-0.1, -0.05) is 0 Å². The second-order valence-corrected chi connectivity index (χ2v) is 7.37. The lowest BCUT2D eigenvalue weighted by Gasteiger charge is -2.35. The van der Waals surface area contributed by atoms with E-state index in [0.717, 1.165) is 68.2 Å². The maximum atomic E-state index is 12.4. The number of carbonyl (C=O) groups is 1. The van der Waals surface area contributed by atoms with Crippen molar-refractivity contribution in [2.24, 2.45) is 0 Å². The van der Waals surface area contributed by atoms with Crippen LogP contribution in [0, 0.1) is 0 Å². The Morgan fingerprint density at radius 1 is 1.32 bits per heavy atom. The summed E-state index contributed by atoms with van der Waals surface area (Å²) in [6, 6.07) is 2.07. The minimum atomic E-state index is 0.168. The van der Waals surface area contributed by atoms with E-state index in [1.165, 1.54) is 0 Å². The minimum Gasteiger partial charge on any atom is -0.377 e.